The summed E-state index contributed by atoms with van der Waals surface area (Å²) < 4.78 is 35.7. The number of methoxy groups -OCH3 is 1. The van der Waals surface area contributed by atoms with Crippen LogP contribution in [0.2, 0.25) is 0 Å². The molecule has 0 N–H and O–H groups in total. The van der Waals surface area contributed by atoms with Crippen molar-refractivity contribution in [3.05, 3.63) is 26.6 Å². The molecule has 0 heterocycles. The van der Waals surface area contributed by atoms with Crippen molar-refractivity contribution < 1.29 is 18.3 Å². The third-order valence-electron chi connectivity index (χ3n) is 1.40. The number of benzene rings is 1. The van der Waals surface area contributed by atoms with E-state index in [2.05, 4.69) is 36.6 Å². The third-order valence-corrected chi connectivity index (χ3v) is 2.67. The SMILES string of the molecule is COCOc1cc(Br)c(F)c(Br)c1F. The standard InChI is InChI=1S/C8H6Br2F2O2/c1-13-3-14-5-2-4(9)7(11)6(10)8(5)12/h2H,3H2,1H3. The van der Waals surface area contributed by atoms with Gasteiger partial charge in [-0.2, -0.15) is 0 Å². The monoisotopic (exact) mass is 330 g/mol. The van der Waals surface area contributed by atoms with Crippen molar-refractivity contribution in [3.8, 4) is 5.75 Å². The van der Waals surface area contributed by atoms with Gasteiger partial charge in [0.15, 0.2) is 24.2 Å². The first kappa shape index (κ1) is 11.9. The second kappa shape index (κ2) is 5.04. The van der Waals surface area contributed by atoms with Crippen LogP contribution in [0.25, 0.3) is 0 Å². The highest BCUT2D eigenvalue weighted by Gasteiger charge is 2.16. The Bertz CT molecular complexity index is 345. The molecule has 14 heavy (non-hydrogen) atoms. The Kier molecular flexibility index (Phi) is 4.28. The highest BCUT2D eigenvalue weighted by molar-refractivity contribution is 9.11. The third kappa shape index (κ3) is 2.43. The van der Waals surface area contributed by atoms with E-state index >= 15 is 0 Å². The zero-order valence-corrected chi connectivity index (χ0v) is 10.3. The summed E-state index contributed by atoms with van der Waals surface area (Å²) in [7, 11) is 1.41. The number of ether oxygens (including phenoxy) is 2. The van der Waals surface area contributed by atoms with Crippen molar-refractivity contribution in [2.24, 2.45) is 0 Å². The fourth-order valence-corrected chi connectivity index (χ4v) is 1.86. The first-order chi connectivity index (χ1) is 6.57. The van der Waals surface area contributed by atoms with E-state index in [-0.39, 0.29) is 21.5 Å². The van der Waals surface area contributed by atoms with Gasteiger partial charge in [0.2, 0.25) is 0 Å². The maximum atomic E-state index is 13.3. The molecule has 2 nitrogen and oxygen atoms in total. The van der Waals surface area contributed by atoms with E-state index in [9.17, 15) is 8.78 Å². The molecule has 0 aliphatic rings. The van der Waals surface area contributed by atoms with Gasteiger partial charge in [-0.3, -0.25) is 0 Å². The molecule has 0 unspecified atom stereocenters. The van der Waals surface area contributed by atoms with Gasteiger partial charge < -0.3 is 9.47 Å². The topological polar surface area (TPSA) is 18.5 Å². The molecule has 0 saturated heterocycles. The molecular weight excluding hydrogens is 326 g/mol. The molecule has 6 heteroatoms. The van der Waals surface area contributed by atoms with Crippen molar-refractivity contribution in [2.45, 2.75) is 0 Å². The molecule has 1 rings (SSSR count). The summed E-state index contributed by atoms with van der Waals surface area (Å²) in [4.78, 5) is 0. The van der Waals surface area contributed by atoms with Crippen LogP contribution in [0.1, 0.15) is 0 Å². The van der Waals surface area contributed by atoms with Crippen molar-refractivity contribution >= 4 is 31.9 Å². The van der Waals surface area contributed by atoms with Crippen molar-refractivity contribution in [3.63, 3.8) is 0 Å². The van der Waals surface area contributed by atoms with Crippen LogP contribution >= 0.6 is 31.9 Å². The normalized spacial score (nSPS) is 10.4. The van der Waals surface area contributed by atoms with E-state index in [1.165, 1.54) is 13.2 Å². The minimum absolute atomic E-state index is 0.0769. The van der Waals surface area contributed by atoms with Gasteiger partial charge in [-0.15, -0.1) is 0 Å². The molecule has 0 aliphatic carbocycles. The molecule has 0 amide bonds. The predicted octanol–water partition coefficient (Wildman–Crippen LogP) is 3.47. The van der Waals surface area contributed by atoms with E-state index in [1.807, 2.05) is 0 Å². The Balaban J connectivity index is 3.06. The number of hydrogen-bond donors (Lipinski definition) is 0. The summed E-state index contributed by atoms with van der Waals surface area (Å²) in [5.74, 6) is -1.57. The van der Waals surface area contributed by atoms with Crippen LogP contribution in [-0.4, -0.2) is 13.9 Å². The van der Waals surface area contributed by atoms with Crippen LogP contribution in [0.4, 0.5) is 8.78 Å². The average molecular weight is 332 g/mol. The Labute approximate surface area is 96.5 Å². The van der Waals surface area contributed by atoms with Crippen LogP contribution in [-0.2, 0) is 4.74 Å². The summed E-state index contributed by atoms with van der Waals surface area (Å²) in [6, 6.07) is 1.20. The van der Waals surface area contributed by atoms with Crippen molar-refractivity contribution in [1.29, 1.82) is 0 Å². The zero-order chi connectivity index (χ0) is 10.7. The van der Waals surface area contributed by atoms with Crippen LogP contribution in [0.5, 0.6) is 5.75 Å². The molecule has 0 spiro atoms. The van der Waals surface area contributed by atoms with E-state index in [0.29, 0.717) is 0 Å². The molecule has 0 fully saturated rings. The van der Waals surface area contributed by atoms with E-state index in [4.69, 9.17) is 4.74 Å². The first-order valence-corrected chi connectivity index (χ1v) is 5.11. The molecule has 0 aliphatic heterocycles. The quantitative estimate of drug-likeness (QED) is 0.479. The molecule has 0 saturated carbocycles. The maximum Gasteiger partial charge on any atom is 0.188 e. The van der Waals surface area contributed by atoms with Gasteiger partial charge in [-0.05, 0) is 31.9 Å². The second-order valence-corrected chi connectivity index (χ2v) is 4.00. The fraction of sp³-hybridized carbons (Fsp3) is 0.250. The van der Waals surface area contributed by atoms with Crippen molar-refractivity contribution in [1.82, 2.24) is 0 Å². The fourth-order valence-electron chi connectivity index (χ4n) is 0.779. The summed E-state index contributed by atoms with van der Waals surface area (Å²) in [5, 5.41) is 0. The Morgan fingerprint density at radius 1 is 1.29 bits per heavy atom. The smallest absolute Gasteiger partial charge is 0.188 e. The van der Waals surface area contributed by atoms with Gasteiger partial charge in [0.05, 0.1) is 8.95 Å². The van der Waals surface area contributed by atoms with Crippen molar-refractivity contribution in [2.75, 3.05) is 13.9 Å². The minimum atomic E-state index is -0.789. The van der Waals surface area contributed by atoms with E-state index < -0.39 is 11.6 Å². The zero-order valence-electron chi connectivity index (χ0n) is 7.11. The number of halogens is 4. The number of rotatable bonds is 3. The predicted molar refractivity (Wildman–Crippen MR) is 54.3 cm³/mol. The van der Waals surface area contributed by atoms with Gasteiger partial charge in [-0.25, -0.2) is 8.78 Å². The molecule has 0 radical (unpaired) electrons. The molecule has 1 aromatic carbocycles. The van der Waals surface area contributed by atoms with Crippen LogP contribution in [0, 0.1) is 11.6 Å². The lowest BCUT2D eigenvalue weighted by atomic mass is 10.3. The van der Waals surface area contributed by atoms with Crippen LogP contribution in [0.15, 0.2) is 15.0 Å². The summed E-state index contributed by atoms with van der Waals surface area (Å²) in [5.41, 5.74) is 0. The minimum Gasteiger partial charge on any atom is -0.464 e. The molecule has 78 valence electrons. The van der Waals surface area contributed by atoms with Gasteiger partial charge in [-0.1, -0.05) is 0 Å². The molecule has 1 aromatic rings. The highest BCUT2D eigenvalue weighted by Crippen LogP contribution is 2.33. The largest absolute Gasteiger partial charge is 0.464 e. The summed E-state index contributed by atoms with van der Waals surface area (Å²) in [6.45, 7) is -0.0958. The van der Waals surface area contributed by atoms with Gasteiger partial charge in [0.1, 0.15) is 0 Å². The molecule has 0 atom stereocenters. The lowest BCUT2D eigenvalue weighted by Crippen LogP contribution is -2.02. The summed E-state index contributed by atoms with van der Waals surface area (Å²) >= 11 is 5.70. The molecule has 0 bridgehead atoms. The molecule has 0 aromatic heterocycles. The van der Waals surface area contributed by atoms with E-state index in [1.54, 1.807) is 0 Å². The van der Waals surface area contributed by atoms with Gasteiger partial charge in [0, 0.05) is 13.2 Å². The Hall–Kier alpha value is -0.200. The summed E-state index contributed by atoms with van der Waals surface area (Å²) in [6.07, 6.45) is 0. The molecular formula is C8H6Br2F2O2. The Morgan fingerprint density at radius 3 is 2.50 bits per heavy atom. The highest BCUT2D eigenvalue weighted by atomic mass is 79.9. The lowest BCUT2D eigenvalue weighted by molar-refractivity contribution is 0.0480. The van der Waals surface area contributed by atoms with E-state index in [0.717, 1.165) is 0 Å². The number of hydrogen-bond acceptors (Lipinski definition) is 2. The van der Waals surface area contributed by atoms with Crippen LogP contribution in [0.3, 0.4) is 0 Å². The lowest BCUT2D eigenvalue weighted by Gasteiger charge is -2.08. The Morgan fingerprint density at radius 2 is 1.93 bits per heavy atom. The average Bonchev–Trinajstić information content (AvgIpc) is 2.18. The van der Waals surface area contributed by atoms with Gasteiger partial charge in [0.25, 0.3) is 0 Å². The van der Waals surface area contributed by atoms with Gasteiger partial charge >= 0.3 is 0 Å². The maximum absolute atomic E-state index is 13.3. The first-order valence-electron chi connectivity index (χ1n) is 3.52. The van der Waals surface area contributed by atoms with Crippen LogP contribution < -0.4 is 4.74 Å². The second-order valence-electron chi connectivity index (χ2n) is 2.35.